The zero-order chi connectivity index (χ0) is 5.54. The molecule has 1 N–H and O–H groups in total. The molecular weight excluding hydrogens is 92.1 g/mol. The van der Waals surface area contributed by atoms with Crippen molar-refractivity contribution in [3.8, 4) is 0 Å². The second-order valence-corrected chi connectivity index (χ2v) is 1.19. The van der Waals surface area contributed by atoms with E-state index in [4.69, 9.17) is 5.11 Å². The van der Waals surface area contributed by atoms with Crippen molar-refractivity contribution in [1.82, 2.24) is 0 Å². The van der Waals surface area contributed by atoms with E-state index in [0.717, 1.165) is 0 Å². The van der Waals surface area contributed by atoms with E-state index in [1.54, 1.807) is 5.94 Å². The first-order valence-corrected chi connectivity index (χ1v) is 2.22. The van der Waals surface area contributed by atoms with E-state index in [-0.39, 0.29) is 6.61 Å². The number of rotatable bonds is 3. The van der Waals surface area contributed by atoms with Crippen LogP contribution in [-0.2, 0) is 4.79 Å². The van der Waals surface area contributed by atoms with E-state index in [9.17, 15) is 4.79 Å². The number of carbonyl (C=O) groups excluding carboxylic acids is 1. The molecule has 7 heavy (non-hydrogen) atoms. The van der Waals surface area contributed by atoms with Gasteiger partial charge in [-0.2, -0.15) is 0 Å². The molecule has 40 valence electrons. The minimum Gasteiger partial charge on any atom is -0.396 e. The monoisotopic (exact) mass is 100 g/mol. The molecule has 0 saturated heterocycles. The molecule has 2 heteroatoms. The van der Waals surface area contributed by atoms with E-state index in [1.807, 2.05) is 0 Å². The van der Waals surface area contributed by atoms with Crippen molar-refractivity contribution in [1.29, 1.82) is 0 Å². The molecule has 0 fully saturated rings. The first-order chi connectivity index (χ1) is 3.41. The van der Waals surface area contributed by atoms with E-state index in [1.165, 1.54) is 6.08 Å². The van der Waals surface area contributed by atoms with Gasteiger partial charge in [-0.25, -0.2) is 4.79 Å². The van der Waals surface area contributed by atoms with Crippen LogP contribution >= 0.6 is 0 Å². The third kappa shape index (κ3) is 5.41. The summed E-state index contributed by atoms with van der Waals surface area (Å²) in [5.74, 6) is 1.62. The number of aliphatic hydroxyl groups excluding tert-OH is 1. The summed E-state index contributed by atoms with van der Waals surface area (Å²) in [7, 11) is 0. The van der Waals surface area contributed by atoms with Crippen LogP contribution in [0.3, 0.4) is 0 Å². The van der Waals surface area contributed by atoms with Crippen molar-refractivity contribution in [3.63, 3.8) is 0 Å². The highest BCUT2D eigenvalue weighted by Crippen LogP contribution is 1.83. The maximum absolute atomic E-state index is 9.42. The molecule has 0 aromatic heterocycles. The molecule has 0 atom stereocenters. The lowest BCUT2D eigenvalue weighted by molar-refractivity contribution is 0.290. The van der Waals surface area contributed by atoms with Gasteiger partial charge in [-0.1, -0.05) is 0 Å². The molecule has 0 saturated carbocycles. The summed E-state index contributed by atoms with van der Waals surface area (Å²) in [6, 6.07) is 0. The fraction of sp³-hybridized carbons (Fsp3) is 0.600. The Morgan fingerprint density at radius 1 is 1.71 bits per heavy atom. The third-order valence-electron chi connectivity index (χ3n) is 0.590. The van der Waals surface area contributed by atoms with Crippen LogP contribution in [0.4, 0.5) is 0 Å². The standard InChI is InChI=1S/C5H8O2/c6-4-2-1-3-5-7/h2,7H,1,3,5H2. The summed E-state index contributed by atoms with van der Waals surface area (Å²) in [4.78, 5) is 9.42. The highest BCUT2D eigenvalue weighted by atomic mass is 16.2. The number of aliphatic hydroxyl groups is 1. The molecule has 0 spiro atoms. The van der Waals surface area contributed by atoms with Crippen molar-refractivity contribution >= 4 is 5.94 Å². The maximum atomic E-state index is 9.42. The fourth-order valence-corrected chi connectivity index (χ4v) is 0.252. The lowest BCUT2D eigenvalue weighted by Crippen LogP contribution is -1.77. The highest BCUT2D eigenvalue weighted by Gasteiger charge is 1.75. The largest absolute Gasteiger partial charge is 0.396 e. The lowest BCUT2D eigenvalue weighted by Gasteiger charge is -1.80. The van der Waals surface area contributed by atoms with E-state index in [0.29, 0.717) is 12.8 Å². The minimum absolute atomic E-state index is 0.151. The predicted molar refractivity (Wildman–Crippen MR) is 26.6 cm³/mol. The topological polar surface area (TPSA) is 37.3 Å². The summed E-state index contributed by atoms with van der Waals surface area (Å²) in [5, 5.41) is 8.14. The van der Waals surface area contributed by atoms with Gasteiger partial charge in [0.15, 0.2) is 0 Å². The summed E-state index contributed by atoms with van der Waals surface area (Å²) in [6.45, 7) is 0.151. The fourth-order valence-electron chi connectivity index (χ4n) is 0.252. The van der Waals surface area contributed by atoms with Gasteiger partial charge in [-0.05, 0) is 18.9 Å². The molecule has 0 radical (unpaired) electrons. The van der Waals surface area contributed by atoms with Gasteiger partial charge < -0.3 is 5.11 Å². The van der Waals surface area contributed by atoms with Gasteiger partial charge in [0.25, 0.3) is 0 Å². The van der Waals surface area contributed by atoms with Crippen molar-refractivity contribution < 1.29 is 9.90 Å². The van der Waals surface area contributed by atoms with Gasteiger partial charge in [0.1, 0.15) is 5.94 Å². The molecule has 0 unspecified atom stereocenters. The predicted octanol–water partition coefficient (Wildman–Crippen LogP) is 0.147. The molecule has 0 aliphatic carbocycles. The number of hydrogen-bond donors (Lipinski definition) is 1. The Labute approximate surface area is 42.5 Å². The molecule has 0 aliphatic rings. The summed E-state index contributed by atoms with van der Waals surface area (Å²) in [6.07, 6.45) is 2.67. The smallest absolute Gasteiger partial charge is 0.120 e. The molecular formula is C5H8O2. The van der Waals surface area contributed by atoms with Crippen LogP contribution in [0.1, 0.15) is 12.8 Å². The Kier molecular flexibility index (Phi) is 4.95. The Morgan fingerprint density at radius 3 is 2.86 bits per heavy atom. The number of allylic oxidation sites excluding steroid dienone is 1. The van der Waals surface area contributed by atoms with E-state index >= 15 is 0 Å². The van der Waals surface area contributed by atoms with Gasteiger partial charge in [0, 0.05) is 6.61 Å². The van der Waals surface area contributed by atoms with Crippen LogP contribution in [0, 0.1) is 0 Å². The van der Waals surface area contributed by atoms with Crippen LogP contribution in [0.2, 0.25) is 0 Å². The quantitative estimate of drug-likeness (QED) is 0.405. The average Bonchev–Trinajstić information content (AvgIpc) is 1.69. The van der Waals surface area contributed by atoms with Crippen LogP contribution in [-0.4, -0.2) is 17.7 Å². The number of unbranched alkanes of at least 4 members (excludes halogenated alkanes) is 1. The zero-order valence-corrected chi connectivity index (χ0v) is 4.05. The van der Waals surface area contributed by atoms with E-state index in [2.05, 4.69) is 0 Å². The van der Waals surface area contributed by atoms with Gasteiger partial charge in [-0.3, -0.25) is 0 Å². The van der Waals surface area contributed by atoms with Crippen molar-refractivity contribution in [2.24, 2.45) is 0 Å². The Bertz CT molecular complexity index is 72.1. The Balaban J connectivity index is 2.83. The summed E-state index contributed by atoms with van der Waals surface area (Å²) in [5.41, 5.74) is 0. The molecule has 0 aliphatic heterocycles. The van der Waals surface area contributed by atoms with Gasteiger partial charge in [0.05, 0.1) is 0 Å². The Morgan fingerprint density at radius 2 is 2.43 bits per heavy atom. The molecule has 0 heterocycles. The van der Waals surface area contributed by atoms with Crippen molar-refractivity contribution in [2.75, 3.05) is 6.61 Å². The van der Waals surface area contributed by atoms with Crippen LogP contribution in [0.25, 0.3) is 0 Å². The molecule has 0 aromatic carbocycles. The SMILES string of the molecule is O=C=CCCCO. The zero-order valence-electron chi connectivity index (χ0n) is 4.05. The molecule has 2 nitrogen and oxygen atoms in total. The second-order valence-electron chi connectivity index (χ2n) is 1.19. The van der Waals surface area contributed by atoms with E-state index < -0.39 is 0 Å². The van der Waals surface area contributed by atoms with Gasteiger partial charge >= 0.3 is 0 Å². The first-order valence-electron chi connectivity index (χ1n) is 2.22. The number of hydrogen-bond acceptors (Lipinski definition) is 2. The third-order valence-corrected chi connectivity index (χ3v) is 0.590. The van der Waals surface area contributed by atoms with Crippen molar-refractivity contribution in [2.45, 2.75) is 12.8 Å². The minimum atomic E-state index is 0.151. The van der Waals surface area contributed by atoms with Crippen LogP contribution in [0.15, 0.2) is 6.08 Å². The Hall–Kier alpha value is -0.590. The molecule has 0 aromatic rings. The molecule has 0 amide bonds. The average molecular weight is 100 g/mol. The van der Waals surface area contributed by atoms with Gasteiger partial charge in [-0.15, -0.1) is 0 Å². The summed E-state index contributed by atoms with van der Waals surface area (Å²) < 4.78 is 0. The highest BCUT2D eigenvalue weighted by molar-refractivity contribution is 5.44. The molecule has 0 bridgehead atoms. The second kappa shape index (κ2) is 5.41. The van der Waals surface area contributed by atoms with Crippen LogP contribution in [0.5, 0.6) is 0 Å². The van der Waals surface area contributed by atoms with Crippen LogP contribution < -0.4 is 0 Å². The molecule has 0 rings (SSSR count). The first kappa shape index (κ1) is 6.41. The lowest BCUT2D eigenvalue weighted by atomic mass is 10.3. The van der Waals surface area contributed by atoms with Crippen molar-refractivity contribution in [3.05, 3.63) is 6.08 Å². The normalized spacial score (nSPS) is 7.57. The summed E-state index contributed by atoms with van der Waals surface area (Å²) >= 11 is 0. The van der Waals surface area contributed by atoms with Gasteiger partial charge in [0.2, 0.25) is 0 Å². The maximum Gasteiger partial charge on any atom is 0.120 e.